The predicted molar refractivity (Wildman–Crippen MR) is 112 cm³/mol. The van der Waals surface area contributed by atoms with Gasteiger partial charge >= 0.3 is 5.97 Å². The van der Waals surface area contributed by atoms with Gasteiger partial charge in [-0.25, -0.2) is 9.18 Å². The lowest BCUT2D eigenvalue weighted by molar-refractivity contribution is -0.153. The Hall–Kier alpha value is -2.31. The van der Waals surface area contributed by atoms with Gasteiger partial charge in [0.15, 0.2) is 17.7 Å². The van der Waals surface area contributed by atoms with E-state index < -0.39 is 47.6 Å². The van der Waals surface area contributed by atoms with Gasteiger partial charge in [0, 0.05) is 5.92 Å². The number of carbonyl (C=O) groups excluding carboxylic acids is 2. The van der Waals surface area contributed by atoms with Crippen LogP contribution in [0.4, 0.5) is 4.39 Å². The standard InChI is InChI=1S/C24H29FO5/c1-13-10-15(3)20-17(11-13)8-7-9-19-22(30-24(5,6)29-19)21(26)18(25)12-14(2)16(4)28-23(20)27/h7-8,10-12,14,16,19,22H,9H2,1-6H3/b8-7+,18-12+/t14-,16+,19?,22?/m1/s1. The maximum Gasteiger partial charge on any atom is 0.339 e. The zero-order valence-electron chi connectivity index (χ0n) is 18.3. The molecule has 2 heterocycles. The SMILES string of the molecule is Cc1cc(C)c2c(c1)/C=C/CC1OC(C)(C)OC1C(=O)/C(F)=C\[C@@H](C)[C@H](C)OC2=O. The number of Topliss-reactive ketones (excluding diaryl/α,β-unsaturated/α-hetero) is 1. The maximum atomic E-state index is 14.7. The lowest BCUT2D eigenvalue weighted by Crippen LogP contribution is -2.32. The Bertz CT molecular complexity index is 914. The van der Waals surface area contributed by atoms with E-state index in [4.69, 9.17) is 14.2 Å². The zero-order chi connectivity index (χ0) is 22.2. The van der Waals surface area contributed by atoms with Crippen LogP contribution in [0.5, 0.6) is 0 Å². The number of aryl methyl sites for hydroxylation is 2. The van der Waals surface area contributed by atoms with Gasteiger partial charge in [0.05, 0.1) is 11.7 Å². The molecular formula is C24H29FO5. The molecule has 0 bridgehead atoms. The summed E-state index contributed by atoms with van der Waals surface area (Å²) in [6, 6.07) is 3.84. The molecule has 0 amide bonds. The highest BCUT2D eigenvalue weighted by atomic mass is 19.1. The van der Waals surface area contributed by atoms with Gasteiger partial charge in [0.1, 0.15) is 6.10 Å². The van der Waals surface area contributed by atoms with Gasteiger partial charge in [0.2, 0.25) is 5.78 Å². The Morgan fingerprint density at radius 3 is 2.50 bits per heavy atom. The lowest BCUT2D eigenvalue weighted by atomic mass is 9.96. The first-order valence-electron chi connectivity index (χ1n) is 10.2. The van der Waals surface area contributed by atoms with Crippen molar-refractivity contribution in [3.8, 4) is 0 Å². The van der Waals surface area contributed by atoms with Gasteiger partial charge in [-0.1, -0.05) is 36.8 Å². The highest BCUT2D eigenvalue weighted by molar-refractivity contribution is 5.98. The molecule has 1 aromatic carbocycles. The van der Waals surface area contributed by atoms with Crippen LogP contribution >= 0.6 is 0 Å². The molecule has 0 radical (unpaired) electrons. The van der Waals surface area contributed by atoms with Gasteiger partial charge in [-0.15, -0.1) is 0 Å². The summed E-state index contributed by atoms with van der Waals surface area (Å²) in [5.74, 6) is -3.62. The second-order valence-electron chi connectivity index (χ2n) is 8.63. The van der Waals surface area contributed by atoms with Crippen LogP contribution < -0.4 is 0 Å². The molecule has 0 aromatic heterocycles. The van der Waals surface area contributed by atoms with Crippen molar-refractivity contribution in [3.63, 3.8) is 0 Å². The first-order chi connectivity index (χ1) is 14.0. The summed E-state index contributed by atoms with van der Waals surface area (Å²) < 4.78 is 31.9. The van der Waals surface area contributed by atoms with Crippen LogP contribution in [0.25, 0.3) is 6.08 Å². The molecule has 1 fully saturated rings. The van der Waals surface area contributed by atoms with E-state index in [0.29, 0.717) is 12.0 Å². The van der Waals surface area contributed by atoms with Gasteiger partial charge in [-0.2, -0.15) is 0 Å². The van der Waals surface area contributed by atoms with Crippen LogP contribution in [0.3, 0.4) is 0 Å². The number of fused-ring (bicyclic) bond motifs is 2. The van der Waals surface area contributed by atoms with E-state index in [-0.39, 0.29) is 0 Å². The Morgan fingerprint density at radius 2 is 1.80 bits per heavy atom. The van der Waals surface area contributed by atoms with Crippen LogP contribution in [0.15, 0.2) is 30.1 Å². The molecular weight excluding hydrogens is 387 g/mol. The molecule has 3 rings (SSSR count). The highest BCUT2D eigenvalue weighted by Crippen LogP contribution is 2.33. The molecule has 2 unspecified atom stereocenters. The van der Waals surface area contributed by atoms with E-state index >= 15 is 0 Å². The highest BCUT2D eigenvalue weighted by Gasteiger charge is 2.45. The number of hydrogen-bond donors (Lipinski definition) is 0. The normalized spacial score (nSPS) is 32.3. The number of rotatable bonds is 0. The summed E-state index contributed by atoms with van der Waals surface area (Å²) in [7, 11) is 0. The number of esters is 1. The number of carbonyl (C=O) groups is 2. The Balaban J connectivity index is 2.07. The fraction of sp³-hybridized carbons (Fsp3) is 0.500. The summed E-state index contributed by atoms with van der Waals surface area (Å²) in [6.45, 7) is 10.6. The first kappa shape index (κ1) is 22.4. The second kappa shape index (κ2) is 8.44. The van der Waals surface area contributed by atoms with Crippen LogP contribution in [0.1, 0.15) is 61.2 Å². The van der Waals surface area contributed by atoms with Crippen molar-refractivity contribution in [2.45, 2.75) is 72.1 Å². The minimum atomic E-state index is -1.03. The fourth-order valence-corrected chi connectivity index (χ4v) is 3.89. The Morgan fingerprint density at radius 1 is 1.10 bits per heavy atom. The number of halogens is 1. The molecule has 1 aromatic rings. The van der Waals surface area contributed by atoms with Crippen molar-refractivity contribution in [1.82, 2.24) is 0 Å². The third-order valence-corrected chi connectivity index (χ3v) is 5.50. The Kier molecular flexibility index (Phi) is 6.29. The number of ketones is 1. The van der Waals surface area contributed by atoms with Crippen molar-refractivity contribution in [3.05, 3.63) is 52.4 Å². The average molecular weight is 416 g/mol. The van der Waals surface area contributed by atoms with E-state index in [1.54, 1.807) is 27.7 Å². The lowest BCUT2D eigenvalue weighted by Gasteiger charge is -2.21. The topological polar surface area (TPSA) is 61.8 Å². The molecule has 162 valence electrons. The molecule has 0 N–H and O–H groups in total. The molecule has 0 saturated carbocycles. The molecule has 0 spiro atoms. The molecule has 2 aliphatic heterocycles. The van der Waals surface area contributed by atoms with E-state index in [1.807, 2.05) is 38.1 Å². The van der Waals surface area contributed by atoms with Gasteiger partial charge in [0.25, 0.3) is 0 Å². The monoisotopic (exact) mass is 416 g/mol. The van der Waals surface area contributed by atoms with Gasteiger partial charge < -0.3 is 14.2 Å². The number of cyclic esters (lactones) is 1. The predicted octanol–water partition coefficient (Wildman–Crippen LogP) is 4.84. The number of hydrogen-bond acceptors (Lipinski definition) is 5. The van der Waals surface area contributed by atoms with Crippen LogP contribution in [0, 0.1) is 19.8 Å². The largest absolute Gasteiger partial charge is 0.458 e. The third-order valence-electron chi connectivity index (χ3n) is 5.50. The van der Waals surface area contributed by atoms with Crippen LogP contribution in [-0.4, -0.2) is 35.9 Å². The molecule has 0 aliphatic carbocycles. The maximum absolute atomic E-state index is 14.7. The minimum absolute atomic E-state index is 0.334. The van der Waals surface area contributed by atoms with Crippen molar-refractivity contribution in [2.75, 3.05) is 0 Å². The average Bonchev–Trinajstić information content (AvgIpc) is 2.94. The fourth-order valence-electron chi connectivity index (χ4n) is 3.89. The van der Waals surface area contributed by atoms with Crippen LogP contribution in [0.2, 0.25) is 0 Å². The van der Waals surface area contributed by atoms with Crippen LogP contribution in [-0.2, 0) is 19.0 Å². The molecule has 4 atom stereocenters. The molecule has 30 heavy (non-hydrogen) atoms. The quantitative estimate of drug-likeness (QED) is 0.566. The summed E-state index contributed by atoms with van der Waals surface area (Å²) in [6.07, 6.45) is 2.88. The summed E-state index contributed by atoms with van der Waals surface area (Å²) >= 11 is 0. The second-order valence-corrected chi connectivity index (χ2v) is 8.63. The molecule has 1 saturated heterocycles. The van der Waals surface area contributed by atoms with Gasteiger partial charge in [-0.3, -0.25) is 4.79 Å². The number of benzene rings is 1. The smallest absolute Gasteiger partial charge is 0.339 e. The summed E-state index contributed by atoms with van der Waals surface area (Å²) in [4.78, 5) is 25.6. The number of ether oxygens (including phenoxy) is 3. The third kappa shape index (κ3) is 4.71. The van der Waals surface area contributed by atoms with E-state index in [1.165, 1.54) is 6.08 Å². The van der Waals surface area contributed by atoms with E-state index in [2.05, 4.69) is 0 Å². The molecule has 6 heteroatoms. The summed E-state index contributed by atoms with van der Waals surface area (Å²) in [5, 5.41) is 0. The van der Waals surface area contributed by atoms with Crippen molar-refractivity contribution in [1.29, 1.82) is 0 Å². The Labute approximate surface area is 176 Å². The van der Waals surface area contributed by atoms with Crippen molar-refractivity contribution in [2.24, 2.45) is 5.92 Å². The first-order valence-corrected chi connectivity index (χ1v) is 10.2. The minimum Gasteiger partial charge on any atom is -0.458 e. The summed E-state index contributed by atoms with van der Waals surface area (Å²) in [5.41, 5.74) is 3.04. The van der Waals surface area contributed by atoms with Crippen molar-refractivity contribution >= 4 is 17.8 Å². The molecule has 2 aliphatic rings. The van der Waals surface area contributed by atoms with E-state index in [0.717, 1.165) is 16.7 Å². The van der Waals surface area contributed by atoms with E-state index in [9.17, 15) is 14.0 Å². The van der Waals surface area contributed by atoms with Crippen molar-refractivity contribution < 1.29 is 28.2 Å². The molecule has 5 nitrogen and oxygen atoms in total. The zero-order valence-corrected chi connectivity index (χ0v) is 18.3. The van der Waals surface area contributed by atoms with Gasteiger partial charge in [-0.05, 0) is 58.2 Å².